The Morgan fingerprint density at radius 2 is 1.81 bits per heavy atom. The number of amides is 1. The van der Waals surface area contributed by atoms with E-state index in [0.29, 0.717) is 17.8 Å². The van der Waals surface area contributed by atoms with Gasteiger partial charge in [-0.25, -0.2) is 9.07 Å². The summed E-state index contributed by atoms with van der Waals surface area (Å²) in [7, 11) is 0. The van der Waals surface area contributed by atoms with E-state index < -0.39 is 29.2 Å². The molecule has 0 aliphatic heterocycles. The standard InChI is InChI=1S/C22H22F4N4O/c1-3-29(18-10-6-4-8-15(18)2)13-12-27-21(31)16-14-28-30(20(16)22(24,25)26)19-11-7-5-9-17(19)23/h4-11,14H,3,12-13H2,1-2H3,(H,27,31). The van der Waals surface area contributed by atoms with Crippen LogP contribution in [0.2, 0.25) is 0 Å². The molecule has 0 aliphatic rings. The predicted octanol–water partition coefficient (Wildman–Crippen LogP) is 4.59. The van der Waals surface area contributed by atoms with Crippen LogP contribution < -0.4 is 10.2 Å². The molecule has 0 aliphatic carbocycles. The van der Waals surface area contributed by atoms with E-state index in [4.69, 9.17) is 0 Å². The molecule has 9 heteroatoms. The molecule has 1 N–H and O–H groups in total. The van der Waals surface area contributed by atoms with Gasteiger partial charge < -0.3 is 10.2 Å². The molecule has 1 amide bonds. The molecule has 0 atom stereocenters. The molecule has 3 aromatic rings. The number of halogens is 4. The third-order valence-corrected chi connectivity index (χ3v) is 4.87. The highest BCUT2D eigenvalue weighted by molar-refractivity contribution is 5.95. The largest absolute Gasteiger partial charge is 0.434 e. The number of carbonyl (C=O) groups excluding carboxylic acids is 1. The van der Waals surface area contributed by atoms with Crippen LogP contribution in [0.4, 0.5) is 23.2 Å². The van der Waals surface area contributed by atoms with E-state index in [1.165, 1.54) is 18.2 Å². The second-order valence-electron chi connectivity index (χ2n) is 6.89. The van der Waals surface area contributed by atoms with Gasteiger partial charge in [0.2, 0.25) is 0 Å². The minimum absolute atomic E-state index is 0.128. The fourth-order valence-electron chi connectivity index (χ4n) is 3.36. The highest BCUT2D eigenvalue weighted by Gasteiger charge is 2.41. The topological polar surface area (TPSA) is 50.2 Å². The summed E-state index contributed by atoms with van der Waals surface area (Å²) in [5, 5.41) is 6.16. The molecular formula is C22H22F4N4O. The van der Waals surface area contributed by atoms with E-state index in [0.717, 1.165) is 23.5 Å². The minimum atomic E-state index is -4.90. The number of likely N-dealkylation sites (N-methyl/N-ethyl adjacent to an activating group) is 1. The number of benzene rings is 2. The number of nitrogens with zero attached hydrogens (tertiary/aromatic N) is 3. The maximum absolute atomic E-state index is 14.0. The Kier molecular flexibility index (Phi) is 6.62. The smallest absolute Gasteiger partial charge is 0.370 e. The molecule has 2 aromatic carbocycles. The van der Waals surface area contributed by atoms with Crippen LogP contribution in [0.5, 0.6) is 0 Å². The predicted molar refractivity (Wildman–Crippen MR) is 110 cm³/mol. The number of nitrogens with one attached hydrogen (secondary N) is 1. The summed E-state index contributed by atoms with van der Waals surface area (Å²) in [5.74, 6) is -1.80. The molecule has 1 aromatic heterocycles. The van der Waals surface area contributed by atoms with Crippen LogP contribution >= 0.6 is 0 Å². The van der Waals surface area contributed by atoms with Crippen molar-refractivity contribution in [2.75, 3.05) is 24.5 Å². The van der Waals surface area contributed by atoms with Crippen molar-refractivity contribution < 1.29 is 22.4 Å². The Labute approximate surface area is 177 Å². The summed E-state index contributed by atoms with van der Waals surface area (Å²) in [6.07, 6.45) is -4.09. The molecule has 0 spiro atoms. The van der Waals surface area contributed by atoms with E-state index in [1.807, 2.05) is 43.0 Å². The van der Waals surface area contributed by atoms with Crippen molar-refractivity contribution in [3.63, 3.8) is 0 Å². The number of aromatic nitrogens is 2. The van der Waals surface area contributed by atoms with Crippen LogP contribution in [0.3, 0.4) is 0 Å². The number of hydrogen-bond donors (Lipinski definition) is 1. The quantitative estimate of drug-likeness (QED) is 0.553. The SMILES string of the molecule is CCN(CCNC(=O)c1cnn(-c2ccccc2F)c1C(F)(F)F)c1ccccc1C. The first-order valence-electron chi connectivity index (χ1n) is 9.73. The Hall–Kier alpha value is -3.36. The lowest BCUT2D eigenvalue weighted by atomic mass is 10.2. The van der Waals surface area contributed by atoms with E-state index in [1.54, 1.807) is 0 Å². The van der Waals surface area contributed by atoms with Crippen molar-refractivity contribution in [2.45, 2.75) is 20.0 Å². The molecular weight excluding hydrogens is 412 g/mol. The van der Waals surface area contributed by atoms with Crippen molar-refractivity contribution in [3.8, 4) is 5.69 Å². The van der Waals surface area contributed by atoms with Gasteiger partial charge in [-0.3, -0.25) is 4.79 Å². The molecule has 0 saturated heterocycles. The number of para-hydroxylation sites is 2. The van der Waals surface area contributed by atoms with Crippen LogP contribution in [0, 0.1) is 12.7 Å². The molecule has 0 saturated carbocycles. The molecule has 5 nitrogen and oxygen atoms in total. The second kappa shape index (κ2) is 9.20. The molecule has 0 unspecified atom stereocenters. The summed E-state index contributed by atoms with van der Waals surface area (Å²) in [6, 6.07) is 12.7. The van der Waals surface area contributed by atoms with Gasteiger partial charge in [0, 0.05) is 25.3 Å². The van der Waals surface area contributed by atoms with E-state index in [9.17, 15) is 22.4 Å². The Morgan fingerprint density at radius 1 is 1.13 bits per heavy atom. The van der Waals surface area contributed by atoms with Crippen molar-refractivity contribution in [1.29, 1.82) is 0 Å². The van der Waals surface area contributed by atoms with Crippen LogP contribution in [0.1, 0.15) is 28.5 Å². The molecule has 1 heterocycles. The third-order valence-electron chi connectivity index (χ3n) is 4.87. The first kappa shape index (κ1) is 22.3. The number of anilines is 1. The highest BCUT2D eigenvalue weighted by Crippen LogP contribution is 2.34. The van der Waals surface area contributed by atoms with E-state index in [2.05, 4.69) is 10.4 Å². The van der Waals surface area contributed by atoms with E-state index >= 15 is 0 Å². The molecule has 0 bridgehead atoms. The summed E-state index contributed by atoms with van der Waals surface area (Å²) >= 11 is 0. The van der Waals surface area contributed by atoms with Gasteiger partial charge in [-0.05, 0) is 37.6 Å². The molecule has 0 radical (unpaired) electrons. The second-order valence-corrected chi connectivity index (χ2v) is 6.89. The van der Waals surface area contributed by atoms with Gasteiger partial charge in [0.15, 0.2) is 5.69 Å². The number of rotatable bonds is 7. The van der Waals surface area contributed by atoms with Crippen LogP contribution in [-0.4, -0.2) is 35.3 Å². The zero-order valence-electron chi connectivity index (χ0n) is 17.1. The monoisotopic (exact) mass is 434 g/mol. The zero-order chi connectivity index (χ0) is 22.6. The third kappa shape index (κ3) is 4.87. The van der Waals surface area contributed by atoms with Gasteiger partial charge in [-0.2, -0.15) is 18.3 Å². The lowest BCUT2D eigenvalue weighted by molar-refractivity contribution is -0.143. The number of aryl methyl sites for hydroxylation is 1. The summed E-state index contributed by atoms with van der Waals surface area (Å²) in [5.41, 5.74) is -0.314. The average Bonchev–Trinajstić information content (AvgIpc) is 3.18. The normalized spacial score (nSPS) is 11.4. The average molecular weight is 434 g/mol. The van der Waals surface area contributed by atoms with Gasteiger partial charge in [0.25, 0.3) is 5.91 Å². The van der Waals surface area contributed by atoms with Crippen LogP contribution in [0.15, 0.2) is 54.7 Å². The Bertz CT molecular complexity index is 1060. The van der Waals surface area contributed by atoms with Crippen molar-refractivity contribution in [3.05, 3.63) is 77.4 Å². The molecule has 31 heavy (non-hydrogen) atoms. The molecule has 3 rings (SSSR count). The van der Waals surface area contributed by atoms with Gasteiger partial charge in [-0.1, -0.05) is 30.3 Å². The van der Waals surface area contributed by atoms with Gasteiger partial charge in [-0.15, -0.1) is 0 Å². The number of alkyl halides is 3. The van der Waals surface area contributed by atoms with Gasteiger partial charge in [0.1, 0.15) is 11.5 Å². The lowest BCUT2D eigenvalue weighted by Crippen LogP contribution is -2.36. The van der Waals surface area contributed by atoms with Gasteiger partial charge in [0.05, 0.1) is 11.8 Å². The minimum Gasteiger partial charge on any atom is -0.370 e. The fraction of sp³-hybridized carbons (Fsp3) is 0.273. The van der Waals surface area contributed by atoms with E-state index in [-0.39, 0.29) is 12.2 Å². The molecule has 0 fully saturated rings. The maximum Gasteiger partial charge on any atom is 0.434 e. The van der Waals surface area contributed by atoms with Crippen molar-refractivity contribution in [2.24, 2.45) is 0 Å². The summed E-state index contributed by atoms with van der Waals surface area (Å²) in [6.45, 7) is 5.12. The van der Waals surface area contributed by atoms with Crippen molar-refractivity contribution >= 4 is 11.6 Å². The van der Waals surface area contributed by atoms with Crippen molar-refractivity contribution in [1.82, 2.24) is 15.1 Å². The molecule has 164 valence electrons. The van der Waals surface area contributed by atoms with Crippen LogP contribution in [0.25, 0.3) is 5.69 Å². The Balaban J connectivity index is 1.79. The van der Waals surface area contributed by atoms with Gasteiger partial charge >= 0.3 is 6.18 Å². The summed E-state index contributed by atoms with van der Waals surface area (Å²) in [4.78, 5) is 14.6. The Morgan fingerprint density at radius 3 is 2.45 bits per heavy atom. The maximum atomic E-state index is 14.0. The first-order chi connectivity index (χ1) is 14.7. The zero-order valence-corrected chi connectivity index (χ0v) is 17.1. The highest BCUT2D eigenvalue weighted by atomic mass is 19.4. The number of hydrogen-bond acceptors (Lipinski definition) is 3. The van der Waals surface area contributed by atoms with Crippen LogP contribution in [-0.2, 0) is 6.18 Å². The summed E-state index contributed by atoms with van der Waals surface area (Å²) < 4.78 is 55.6. The fourth-order valence-corrected chi connectivity index (χ4v) is 3.36. The number of carbonyl (C=O) groups is 1. The first-order valence-corrected chi connectivity index (χ1v) is 9.73. The lowest BCUT2D eigenvalue weighted by Gasteiger charge is -2.25.